The smallest absolute Gasteiger partial charge is 0.380 e. The normalized spacial score (nSPS) is 16.3. The van der Waals surface area contributed by atoms with Gasteiger partial charge >= 0.3 is 6.18 Å². The van der Waals surface area contributed by atoms with E-state index in [-0.39, 0.29) is 12.4 Å². The van der Waals surface area contributed by atoms with E-state index in [4.69, 9.17) is 4.74 Å². The van der Waals surface area contributed by atoms with Crippen LogP contribution in [0.5, 0.6) is 0 Å². The predicted octanol–water partition coefficient (Wildman–Crippen LogP) is 7.33. The molecule has 2 heterocycles. The molecule has 206 valence electrons. The van der Waals surface area contributed by atoms with Crippen LogP contribution in [0, 0.1) is 0 Å². The third-order valence-electron chi connectivity index (χ3n) is 6.97. The van der Waals surface area contributed by atoms with Crippen LogP contribution in [-0.4, -0.2) is 68.8 Å². The van der Waals surface area contributed by atoms with E-state index in [1.54, 1.807) is 17.8 Å². The van der Waals surface area contributed by atoms with Gasteiger partial charge in [0.2, 0.25) is 0 Å². The predicted molar refractivity (Wildman–Crippen MR) is 149 cm³/mol. The number of ether oxygens (including phenoxy) is 1. The van der Waals surface area contributed by atoms with Crippen molar-refractivity contribution in [1.82, 2.24) is 9.80 Å². The molecule has 0 spiro atoms. The van der Waals surface area contributed by atoms with Crippen LogP contribution in [0.25, 0.3) is 0 Å². The zero-order valence-corrected chi connectivity index (χ0v) is 23.3. The van der Waals surface area contributed by atoms with Crippen molar-refractivity contribution < 1.29 is 17.9 Å². The molecule has 2 aliphatic heterocycles. The van der Waals surface area contributed by atoms with Crippen molar-refractivity contribution in [2.45, 2.75) is 55.0 Å². The van der Waals surface area contributed by atoms with E-state index in [1.807, 2.05) is 24.3 Å². The van der Waals surface area contributed by atoms with E-state index in [9.17, 15) is 13.2 Å². The molecule has 1 saturated heterocycles. The second-order valence-electron chi connectivity index (χ2n) is 9.61. The fraction of sp³-hybridized carbons (Fsp3) is 0.571. The molecular formula is C28H39ClF3N3OS. The number of para-hydroxylation sites is 1. The van der Waals surface area contributed by atoms with Crippen LogP contribution in [0.1, 0.15) is 44.6 Å². The van der Waals surface area contributed by atoms with Gasteiger partial charge in [0.25, 0.3) is 0 Å². The van der Waals surface area contributed by atoms with E-state index in [2.05, 4.69) is 21.6 Å². The van der Waals surface area contributed by atoms with E-state index >= 15 is 0 Å². The van der Waals surface area contributed by atoms with Gasteiger partial charge in [0, 0.05) is 55.7 Å². The quantitative estimate of drug-likeness (QED) is 0.254. The molecule has 0 saturated carbocycles. The summed E-state index contributed by atoms with van der Waals surface area (Å²) in [5.41, 5.74) is 1.06. The molecular weight excluding hydrogens is 519 g/mol. The fourth-order valence-corrected chi connectivity index (χ4v) is 5.94. The first-order chi connectivity index (χ1) is 17.5. The first-order valence-electron chi connectivity index (χ1n) is 13.2. The lowest BCUT2D eigenvalue weighted by Crippen LogP contribution is -2.47. The number of halogens is 4. The lowest BCUT2D eigenvalue weighted by molar-refractivity contribution is -0.137. The first-order valence-corrected chi connectivity index (χ1v) is 14.1. The van der Waals surface area contributed by atoms with Gasteiger partial charge in [-0.05, 0) is 49.7 Å². The van der Waals surface area contributed by atoms with Crippen LogP contribution in [0.4, 0.5) is 24.5 Å². The maximum atomic E-state index is 13.4. The third-order valence-corrected chi connectivity index (χ3v) is 8.10. The molecule has 4 rings (SSSR count). The maximum absolute atomic E-state index is 13.4. The largest absolute Gasteiger partial charge is 0.416 e. The van der Waals surface area contributed by atoms with Crippen LogP contribution < -0.4 is 4.90 Å². The second-order valence-corrected chi connectivity index (χ2v) is 10.7. The Morgan fingerprint density at radius 2 is 1.49 bits per heavy atom. The van der Waals surface area contributed by atoms with Crippen molar-refractivity contribution in [3.63, 3.8) is 0 Å². The minimum absolute atomic E-state index is 0. The zero-order chi connectivity index (χ0) is 25.4. The Morgan fingerprint density at radius 3 is 2.22 bits per heavy atom. The molecule has 0 radical (unpaired) electrons. The molecule has 0 N–H and O–H groups in total. The van der Waals surface area contributed by atoms with Gasteiger partial charge in [-0.15, -0.1) is 12.4 Å². The Bertz CT molecular complexity index is 970. The van der Waals surface area contributed by atoms with Gasteiger partial charge < -0.3 is 14.5 Å². The number of unbranched alkanes of at least 4 members (excludes halogenated alkanes) is 3. The van der Waals surface area contributed by atoms with Gasteiger partial charge in [-0.25, -0.2) is 0 Å². The Labute approximate surface area is 229 Å². The van der Waals surface area contributed by atoms with Crippen LogP contribution in [0.15, 0.2) is 52.3 Å². The summed E-state index contributed by atoms with van der Waals surface area (Å²) in [5.74, 6) is 0. The number of hydrogen-bond acceptors (Lipinski definition) is 5. The molecule has 2 aromatic rings. The standard InChI is InChI=1S/C28H38F3N3OS.ClH/c1-2-3-4-7-20-35-21-19-33-17-15-32(16-18-33)13-8-14-34-24-9-5-6-10-26(24)36-27-12-11-23(22-25(27)34)28(29,30)31;/h5-6,9-12,22H,2-4,7-8,13-21H2,1H3;1H. The first kappa shape index (κ1) is 30.1. The lowest BCUT2D eigenvalue weighted by Gasteiger charge is -2.36. The SMILES string of the molecule is CCCCCCOCCN1CCN(CCCN2c3ccccc3Sc3ccc(C(F)(F)F)cc32)CC1.Cl. The Hall–Kier alpha value is -1.45. The van der Waals surface area contributed by atoms with Gasteiger partial charge in [-0.3, -0.25) is 4.90 Å². The van der Waals surface area contributed by atoms with Crippen LogP contribution >= 0.6 is 24.2 Å². The molecule has 0 amide bonds. The van der Waals surface area contributed by atoms with E-state index in [0.717, 1.165) is 80.8 Å². The van der Waals surface area contributed by atoms with Crippen molar-refractivity contribution in [2.75, 3.05) is 63.9 Å². The van der Waals surface area contributed by atoms with Crippen molar-refractivity contribution in [3.8, 4) is 0 Å². The van der Waals surface area contributed by atoms with Crippen molar-refractivity contribution in [3.05, 3.63) is 48.0 Å². The Morgan fingerprint density at radius 1 is 0.784 bits per heavy atom. The molecule has 4 nitrogen and oxygen atoms in total. The Kier molecular flexibility index (Phi) is 11.9. The van der Waals surface area contributed by atoms with Crippen LogP contribution in [-0.2, 0) is 10.9 Å². The number of hydrogen-bond donors (Lipinski definition) is 0. The number of benzene rings is 2. The molecule has 2 aromatic carbocycles. The minimum Gasteiger partial charge on any atom is -0.380 e. The highest BCUT2D eigenvalue weighted by molar-refractivity contribution is 7.99. The Balaban J connectivity index is 0.00000380. The van der Waals surface area contributed by atoms with E-state index in [0.29, 0.717) is 12.2 Å². The molecule has 2 aliphatic rings. The highest BCUT2D eigenvalue weighted by atomic mass is 35.5. The summed E-state index contributed by atoms with van der Waals surface area (Å²) in [6.07, 6.45) is 1.50. The summed E-state index contributed by atoms with van der Waals surface area (Å²) >= 11 is 1.54. The number of anilines is 2. The number of nitrogens with zero attached hydrogens (tertiary/aromatic N) is 3. The second kappa shape index (κ2) is 14.6. The average molecular weight is 558 g/mol. The fourth-order valence-electron chi connectivity index (χ4n) is 4.86. The van der Waals surface area contributed by atoms with Gasteiger partial charge in [0.05, 0.1) is 23.5 Å². The monoisotopic (exact) mass is 557 g/mol. The summed E-state index contributed by atoms with van der Waals surface area (Å²) in [6.45, 7) is 10.7. The molecule has 0 aromatic heterocycles. The van der Waals surface area contributed by atoms with E-state index in [1.165, 1.54) is 31.4 Å². The average Bonchev–Trinajstić information content (AvgIpc) is 2.87. The molecule has 9 heteroatoms. The third kappa shape index (κ3) is 8.52. The van der Waals surface area contributed by atoms with Crippen LogP contribution in [0.2, 0.25) is 0 Å². The molecule has 37 heavy (non-hydrogen) atoms. The molecule has 0 bridgehead atoms. The topological polar surface area (TPSA) is 19.0 Å². The van der Waals surface area contributed by atoms with E-state index < -0.39 is 11.7 Å². The highest BCUT2D eigenvalue weighted by Crippen LogP contribution is 2.49. The summed E-state index contributed by atoms with van der Waals surface area (Å²) in [6, 6.07) is 12.1. The summed E-state index contributed by atoms with van der Waals surface area (Å²) in [7, 11) is 0. The number of rotatable bonds is 12. The minimum atomic E-state index is -4.35. The number of fused-ring (bicyclic) bond motifs is 2. The van der Waals surface area contributed by atoms with Crippen molar-refractivity contribution in [1.29, 1.82) is 0 Å². The zero-order valence-electron chi connectivity index (χ0n) is 21.6. The number of piperazine rings is 1. The van der Waals surface area contributed by atoms with Crippen molar-refractivity contribution in [2.24, 2.45) is 0 Å². The van der Waals surface area contributed by atoms with Gasteiger partial charge in [0.15, 0.2) is 0 Å². The lowest BCUT2D eigenvalue weighted by atomic mass is 10.1. The highest BCUT2D eigenvalue weighted by Gasteiger charge is 2.33. The molecule has 1 fully saturated rings. The number of alkyl halides is 3. The summed E-state index contributed by atoms with van der Waals surface area (Å²) in [4.78, 5) is 8.98. The van der Waals surface area contributed by atoms with Crippen LogP contribution in [0.3, 0.4) is 0 Å². The maximum Gasteiger partial charge on any atom is 0.416 e. The summed E-state index contributed by atoms with van der Waals surface area (Å²) in [5, 5.41) is 0. The summed E-state index contributed by atoms with van der Waals surface area (Å²) < 4.78 is 46.1. The van der Waals surface area contributed by atoms with Crippen molar-refractivity contribution >= 4 is 35.5 Å². The van der Waals surface area contributed by atoms with Gasteiger partial charge in [0.1, 0.15) is 0 Å². The molecule has 0 unspecified atom stereocenters. The van der Waals surface area contributed by atoms with Gasteiger partial charge in [-0.2, -0.15) is 13.2 Å². The van der Waals surface area contributed by atoms with Gasteiger partial charge in [-0.1, -0.05) is 50.1 Å². The molecule has 0 aliphatic carbocycles. The molecule has 0 atom stereocenters.